The standard InChI is InChI=1S/C14H18N4O6/c1-7(19)23-6-9(24-8(2)20)11-15-12-10(16(11)3)13(21)18(5)14(22)17(12)4/h9H,6H2,1-5H3. The highest BCUT2D eigenvalue weighted by atomic mass is 16.6. The number of nitrogens with zero attached hydrogens (tertiary/aromatic N) is 4. The molecular formula is C14H18N4O6. The lowest BCUT2D eigenvalue weighted by Gasteiger charge is -2.16. The minimum atomic E-state index is -0.997. The highest BCUT2D eigenvalue weighted by molar-refractivity contribution is 5.71. The third kappa shape index (κ3) is 2.94. The van der Waals surface area contributed by atoms with Gasteiger partial charge in [-0.25, -0.2) is 9.78 Å². The molecule has 130 valence electrons. The Kier molecular flexibility index (Phi) is 4.58. The lowest BCUT2D eigenvalue weighted by atomic mass is 10.3. The molecule has 0 bridgehead atoms. The topological polar surface area (TPSA) is 114 Å². The summed E-state index contributed by atoms with van der Waals surface area (Å²) < 4.78 is 13.6. The van der Waals surface area contributed by atoms with Crippen molar-refractivity contribution >= 4 is 23.1 Å². The molecule has 2 rings (SSSR count). The second-order valence-electron chi connectivity index (χ2n) is 5.31. The third-order valence-corrected chi connectivity index (χ3v) is 3.54. The summed E-state index contributed by atoms with van der Waals surface area (Å²) in [7, 11) is 4.40. The van der Waals surface area contributed by atoms with E-state index >= 15 is 0 Å². The molecule has 2 aromatic heterocycles. The molecule has 0 fully saturated rings. The molecule has 2 aromatic rings. The quantitative estimate of drug-likeness (QED) is 0.666. The van der Waals surface area contributed by atoms with E-state index < -0.39 is 29.3 Å². The number of rotatable bonds is 4. The van der Waals surface area contributed by atoms with Crippen LogP contribution in [0.5, 0.6) is 0 Å². The molecule has 0 radical (unpaired) electrons. The SMILES string of the molecule is CC(=O)OCC(OC(C)=O)c1nc2c(c(=O)n(C)c(=O)n2C)n1C. The van der Waals surface area contributed by atoms with Crippen molar-refractivity contribution in [3.8, 4) is 0 Å². The first-order valence-electron chi connectivity index (χ1n) is 7.08. The molecule has 1 unspecified atom stereocenters. The molecular weight excluding hydrogens is 320 g/mol. The summed E-state index contributed by atoms with van der Waals surface area (Å²) in [5.41, 5.74) is -0.722. The van der Waals surface area contributed by atoms with Crippen molar-refractivity contribution in [3.63, 3.8) is 0 Å². The predicted octanol–water partition coefficient (Wildman–Crippen LogP) is -0.862. The van der Waals surface area contributed by atoms with Crippen molar-refractivity contribution in [1.82, 2.24) is 18.7 Å². The van der Waals surface area contributed by atoms with E-state index in [1.54, 1.807) is 7.05 Å². The number of hydrogen-bond acceptors (Lipinski definition) is 7. The molecule has 0 spiro atoms. The van der Waals surface area contributed by atoms with Gasteiger partial charge in [0.1, 0.15) is 6.61 Å². The van der Waals surface area contributed by atoms with Crippen molar-refractivity contribution in [1.29, 1.82) is 0 Å². The zero-order valence-electron chi connectivity index (χ0n) is 14.0. The number of aromatic nitrogens is 4. The van der Waals surface area contributed by atoms with Crippen LogP contribution in [0.4, 0.5) is 0 Å². The summed E-state index contributed by atoms with van der Waals surface area (Å²) in [4.78, 5) is 51.0. The number of ether oxygens (including phenoxy) is 2. The maximum Gasteiger partial charge on any atom is 0.332 e. The highest BCUT2D eigenvalue weighted by Gasteiger charge is 2.26. The summed E-state index contributed by atoms with van der Waals surface area (Å²) in [6, 6.07) is 0. The number of aryl methyl sites for hydroxylation is 2. The number of hydrogen-bond donors (Lipinski definition) is 0. The minimum Gasteiger partial charge on any atom is -0.461 e. The lowest BCUT2D eigenvalue weighted by molar-refractivity contribution is -0.157. The summed E-state index contributed by atoms with van der Waals surface area (Å²) in [6.07, 6.45) is -0.997. The smallest absolute Gasteiger partial charge is 0.332 e. The number of carbonyl (C=O) groups is 2. The van der Waals surface area contributed by atoms with Crippen LogP contribution in [0.15, 0.2) is 9.59 Å². The average Bonchev–Trinajstić information content (AvgIpc) is 2.84. The number of esters is 2. The van der Waals surface area contributed by atoms with Crippen molar-refractivity contribution in [2.45, 2.75) is 20.0 Å². The van der Waals surface area contributed by atoms with Crippen LogP contribution < -0.4 is 11.2 Å². The normalized spacial score (nSPS) is 12.2. The first-order valence-corrected chi connectivity index (χ1v) is 7.08. The number of imidazole rings is 1. The average molecular weight is 338 g/mol. The predicted molar refractivity (Wildman–Crippen MR) is 82.3 cm³/mol. The Morgan fingerprint density at radius 3 is 2.21 bits per heavy atom. The Balaban J connectivity index is 2.68. The van der Waals surface area contributed by atoms with Crippen LogP contribution in [0.3, 0.4) is 0 Å². The number of fused-ring (bicyclic) bond motifs is 1. The Morgan fingerprint density at radius 2 is 1.67 bits per heavy atom. The van der Waals surface area contributed by atoms with Gasteiger partial charge in [0.25, 0.3) is 5.56 Å². The Morgan fingerprint density at radius 1 is 1.04 bits per heavy atom. The van der Waals surface area contributed by atoms with E-state index in [1.165, 1.54) is 37.1 Å². The monoisotopic (exact) mass is 338 g/mol. The van der Waals surface area contributed by atoms with Crippen molar-refractivity contribution < 1.29 is 19.1 Å². The Bertz CT molecular complexity index is 935. The highest BCUT2D eigenvalue weighted by Crippen LogP contribution is 2.20. The van der Waals surface area contributed by atoms with Gasteiger partial charge in [-0.05, 0) is 0 Å². The van der Waals surface area contributed by atoms with Gasteiger partial charge in [0, 0.05) is 35.0 Å². The van der Waals surface area contributed by atoms with Gasteiger partial charge in [-0.3, -0.25) is 23.5 Å². The van der Waals surface area contributed by atoms with E-state index in [1.807, 2.05) is 0 Å². The summed E-state index contributed by atoms with van der Waals surface area (Å²) in [5.74, 6) is -0.949. The lowest BCUT2D eigenvalue weighted by Crippen LogP contribution is -2.37. The van der Waals surface area contributed by atoms with Crippen LogP contribution >= 0.6 is 0 Å². The molecule has 24 heavy (non-hydrogen) atoms. The van der Waals surface area contributed by atoms with Gasteiger partial charge in [-0.1, -0.05) is 0 Å². The third-order valence-electron chi connectivity index (χ3n) is 3.54. The molecule has 0 N–H and O–H groups in total. The first kappa shape index (κ1) is 17.4. The van der Waals surface area contributed by atoms with Gasteiger partial charge in [-0.15, -0.1) is 0 Å². The van der Waals surface area contributed by atoms with Crippen LogP contribution in [0, 0.1) is 0 Å². The van der Waals surface area contributed by atoms with Crippen molar-refractivity contribution in [2.75, 3.05) is 6.61 Å². The second-order valence-corrected chi connectivity index (χ2v) is 5.31. The van der Waals surface area contributed by atoms with E-state index in [0.29, 0.717) is 0 Å². The molecule has 10 nitrogen and oxygen atoms in total. The van der Waals surface area contributed by atoms with Gasteiger partial charge in [0.05, 0.1) is 0 Å². The fraction of sp³-hybridized carbons (Fsp3) is 0.500. The molecule has 0 aromatic carbocycles. The van der Waals surface area contributed by atoms with Crippen molar-refractivity contribution in [2.24, 2.45) is 21.1 Å². The Labute approximate surface area is 136 Å². The van der Waals surface area contributed by atoms with Gasteiger partial charge in [0.15, 0.2) is 23.1 Å². The zero-order valence-corrected chi connectivity index (χ0v) is 14.0. The van der Waals surface area contributed by atoms with E-state index in [-0.39, 0.29) is 23.6 Å². The molecule has 0 saturated carbocycles. The summed E-state index contributed by atoms with van der Waals surface area (Å²) in [5, 5.41) is 0. The maximum atomic E-state index is 12.3. The molecule has 10 heteroatoms. The fourth-order valence-electron chi connectivity index (χ4n) is 2.38. The molecule has 0 saturated heterocycles. The van der Waals surface area contributed by atoms with Crippen LogP contribution in [0.1, 0.15) is 25.8 Å². The summed E-state index contributed by atoms with van der Waals surface area (Å²) in [6.45, 7) is 2.18. The molecule has 2 heterocycles. The second kappa shape index (κ2) is 6.30. The molecule has 0 aliphatic heterocycles. The molecule has 0 aliphatic rings. The maximum absolute atomic E-state index is 12.3. The zero-order chi connectivity index (χ0) is 18.2. The number of carbonyl (C=O) groups excluding carboxylic acids is 2. The minimum absolute atomic E-state index is 0.153. The van der Waals surface area contributed by atoms with Crippen LogP contribution in [-0.2, 0) is 40.2 Å². The van der Waals surface area contributed by atoms with E-state index in [4.69, 9.17) is 9.47 Å². The van der Waals surface area contributed by atoms with Crippen molar-refractivity contribution in [3.05, 3.63) is 26.7 Å². The fourth-order valence-corrected chi connectivity index (χ4v) is 2.38. The van der Waals surface area contributed by atoms with Crippen LogP contribution in [-0.4, -0.2) is 37.2 Å². The van der Waals surface area contributed by atoms with Crippen LogP contribution in [0.25, 0.3) is 11.2 Å². The van der Waals surface area contributed by atoms with E-state index in [0.717, 1.165) is 4.57 Å². The van der Waals surface area contributed by atoms with Crippen LogP contribution in [0.2, 0.25) is 0 Å². The first-order chi connectivity index (χ1) is 11.1. The van der Waals surface area contributed by atoms with E-state index in [9.17, 15) is 19.2 Å². The largest absolute Gasteiger partial charge is 0.461 e. The molecule has 0 aliphatic carbocycles. The van der Waals surface area contributed by atoms with E-state index in [2.05, 4.69) is 4.98 Å². The van der Waals surface area contributed by atoms with Gasteiger partial charge in [0.2, 0.25) is 0 Å². The van der Waals surface area contributed by atoms with Gasteiger partial charge in [-0.2, -0.15) is 0 Å². The van der Waals surface area contributed by atoms with Gasteiger partial charge < -0.3 is 14.0 Å². The molecule has 0 amide bonds. The Hall–Kier alpha value is -2.91. The van der Waals surface area contributed by atoms with Gasteiger partial charge >= 0.3 is 17.6 Å². The molecule has 1 atom stereocenters. The summed E-state index contributed by atoms with van der Waals surface area (Å²) >= 11 is 0.